The van der Waals surface area contributed by atoms with Crippen molar-refractivity contribution in [3.63, 3.8) is 0 Å². The molecule has 1 aliphatic heterocycles. The van der Waals surface area contributed by atoms with Crippen molar-refractivity contribution in [3.05, 3.63) is 29.3 Å². The Morgan fingerprint density at radius 2 is 1.83 bits per heavy atom. The Morgan fingerprint density at radius 1 is 1.17 bits per heavy atom. The molecule has 1 N–H and O–H groups in total. The summed E-state index contributed by atoms with van der Waals surface area (Å²) in [6, 6.07) is 7.69. The Labute approximate surface area is 141 Å². The number of benzene rings is 1. The van der Waals surface area contributed by atoms with Crippen LogP contribution in [0.2, 0.25) is 5.02 Å². The lowest BCUT2D eigenvalue weighted by Crippen LogP contribution is -2.50. The van der Waals surface area contributed by atoms with Crippen LogP contribution < -0.4 is 5.32 Å². The van der Waals surface area contributed by atoms with Crippen molar-refractivity contribution < 1.29 is 9.59 Å². The summed E-state index contributed by atoms with van der Waals surface area (Å²) >= 11 is 5.97. The minimum Gasteiger partial charge on any atom is -0.343 e. The second-order valence-corrected chi connectivity index (χ2v) is 6.75. The summed E-state index contributed by atoms with van der Waals surface area (Å²) in [5, 5.41) is 3.56. The number of nitrogens with one attached hydrogen (secondary N) is 1. The number of rotatable bonds is 3. The Kier molecular flexibility index (Phi) is 4.76. The first kappa shape index (κ1) is 16.1. The fourth-order valence-corrected chi connectivity index (χ4v) is 3.39. The number of nitrogens with zero attached hydrogens (tertiary/aromatic N) is 2. The van der Waals surface area contributed by atoms with Gasteiger partial charge in [0.2, 0.25) is 5.91 Å². The van der Waals surface area contributed by atoms with Gasteiger partial charge in [0.25, 0.3) is 0 Å². The average Bonchev–Trinajstić information content (AvgIpc) is 3.33. The third kappa shape index (κ3) is 3.96. The molecule has 6 heteroatoms. The first-order valence-electron chi connectivity index (χ1n) is 8.15. The second-order valence-electron chi connectivity index (χ2n) is 6.32. The molecule has 0 atom stereocenters. The van der Waals surface area contributed by atoms with Gasteiger partial charge in [-0.3, -0.25) is 4.79 Å². The van der Waals surface area contributed by atoms with Gasteiger partial charge in [-0.1, -0.05) is 17.7 Å². The Bertz CT molecular complexity index is 595. The van der Waals surface area contributed by atoms with E-state index in [0.29, 0.717) is 16.8 Å². The highest BCUT2D eigenvalue weighted by Crippen LogP contribution is 2.32. The molecule has 3 rings (SSSR count). The van der Waals surface area contributed by atoms with Crippen LogP contribution in [0.5, 0.6) is 0 Å². The predicted octanol–water partition coefficient (Wildman–Crippen LogP) is 3.35. The maximum absolute atomic E-state index is 12.7. The molecule has 0 aromatic heterocycles. The van der Waals surface area contributed by atoms with E-state index in [1.807, 2.05) is 21.9 Å². The van der Waals surface area contributed by atoms with Gasteiger partial charge in [-0.2, -0.15) is 0 Å². The van der Waals surface area contributed by atoms with E-state index in [2.05, 4.69) is 5.32 Å². The van der Waals surface area contributed by atoms with Crippen LogP contribution >= 0.6 is 11.6 Å². The lowest BCUT2D eigenvalue weighted by Gasteiger charge is -2.38. The van der Waals surface area contributed by atoms with Crippen molar-refractivity contribution in [2.75, 3.05) is 18.4 Å². The fourth-order valence-electron chi connectivity index (χ4n) is 3.20. The van der Waals surface area contributed by atoms with Gasteiger partial charge in [0.1, 0.15) is 0 Å². The van der Waals surface area contributed by atoms with Crippen LogP contribution in [0.25, 0.3) is 0 Å². The van der Waals surface area contributed by atoms with Crippen LogP contribution in [-0.2, 0) is 4.79 Å². The Morgan fingerprint density at radius 3 is 2.39 bits per heavy atom. The van der Waals surface area contributed by atoms with Gasteiger partial charge in [0.05, 0.1) is 0 Å². The molecule has 1 saturated heterocycles. The number of anilines is 1. The van der Waals surface area contributed by atoms with E-state index in [9.17, 15) is 9.59 Å². The first-order chi connectivity index (χ1) is 11.0. The molecule has 3 amide bonds. The SMILES string of the molecule is CC(=O)N1CCC(N(C(=O)Nc2cccc(Cl)c2)C2CC2)CC1. The lowest BCUT2D eigenvalue weighted by atomic mass is 10.0. The summed E-state index contributed by atoms with van der Waals surface area (Å²) in [5.74, 6) is 0.116. The van der Waals surface area contributed by atoms with Crippen molar-refractivity contribution in [2.45, 2.75) is 44.7 Å². The van der Waals surface area contributed by atoms with Gasteiger partial charge in [-0.05, 0) is 43.9 Å². The van der Waals surface area contributed by atoms with Crippen molar-refractivity contribution in [1.82, 2.24) is 9.80 Å². The third-order valence-electron chi connectivity index (χ3n) is 4.55. The summed E-state index contributed by atoms with van der Waals surface area (Å²) in [4.78, 5) is 28.0. The van der Waals surface area contributed by atoms with E-state index in [1.165, 1.54) is 0 Å². The van der Waals surface area contributed by atoms with Crippen LogP contribution in [0, 0.1) is 0 Å². The molecule has 0 radical (unpaired) electrons. The van der Waals surface area contributed by atoms with Gasteiger partial charge in [0, 0.05) is 42.8 Å². The third-order valence-corrected chi connectivity index (χ3v) is 4.79. The number of hydrogen-bond acceptors (Lipinski definition) is 2. The second kappa shape index (κ2) is 6.79. The number of urea groups is 1. The number of amides is 3. The van der Waals surface area contributed by atoms with Gasteiger partial charge >= 0.3 is 6.03 Å². The molecule has 1 aromatic carbocycles. The molecule has 2 aliphatic rings. The highest BCUT2D eigenvalue weighted by atomic mass is 35.5. The lowest BCUT2D eigenvalue weighted by molar-refractivity contribution is -0.130. The van der Waals surface area contributed by atoms with Crippen LogP contribution in [-0.4, -0.2) is 46.9 Å². The minimum atomic E-state index is -0.0592. The molecular formula is C17H22ClN3O2. The highest BCUT2D eigenvalue weighted by Gasteiger charge is 2.38. The number of carbonyl (C=O) groups is 2. The summed E-state index contributed by atoms with van der Waals surface area (Å²) in [6.07, 6.45) is 3.82. The Hall–Kier alpha value is -1.75. The van der Waals surface area contributed by atoms with Gasteiger partial charge in [-0.15, -0.1) is 0 Å². The van der Waals surface area contributed by atoms with E-state index in [1.54, 1.807) is 19.1 Å². The van der Waals surface area contributed by atoms with Gasteiger partial charge < -0.3 is 15.1 Å². The van der Waals surface area contributed by atoms with E-state index in [-0.39, 0.29) is 18.0 Å². The van der Waals surface area contributed by atoms with Crippen molar-refractivity contribution >= 4 is 29.2 Å². The van der Waals surface area contributed by atoms with Crippen LogP contribution in [0.4, 0.5) is 10.5 Å². The van der Waals surface area contributed by atoms with E-state index < -0.39 is 0 Å². The minimum absolute atomic E-state index is 0.0592. The number of piperidine rings is 1. The zero-order valence-electron chi connectivity index (χ0n) is 13.3. The first-order valence-corrected chi connectivity index (χ1v) is 8.53. The zero-order chi connectivity index (χ0) is 16.4. The summed E-state index contributed by atoms with van der Waals surface area (Å²) < 4.78 is 0. The molecule has 0 bridgehead atoms. The molecule has 0 unspecified atom stereocenters. The molecule has 1 aromatic rings. The van der Waals surface area contributed by atoms with E-state index in [0.717, 1.165) is 38.8 Å². The summed E-state index contributed by atoms with van der Waals surface area (Å²) in [6.45, 7) is 3.06. The quantitative estimate of drug-likeness (QED) is 0.921. The topological polar surface area (TPSA) is 52.7 Å². The van der Waals surface area contributed by atoms with Crippen LogP contribution in [0.15, 0.2) is 24.3 Å². The van der Waals surface area contributed by atoms with Gasteiger partial charge in [0.15, 0.2) is 0 Å². The van der Waals surface area contributed by atoms with Crippen molar-refractivity contribution in [3.8, 4) is 0 Å². The average molecular weight is 336 g/mol. The largest absolute Gasteiger partial charge is 0.343 e. The summed E-state index contributed by atoms with van der Waals surface area (Å²) in [5.41, 5.74) is 0.717. The van der Waals surface area contributed by atoms with Crippen molar-refractivity contribution in [1.29, 1.82) is 0 Å². The fraction of sp³-hybridized carbons (Fsp3) is 0.529. The maximum atomic E-state index is 12.7. The van der Waals surface area contributed by atoms with E-state index in [4.69, 9.17) is 11.6 Å². The van der Waals surface area contributed by atoms with Gasteiger partial charge in [-0.25, -0.2) is 4.79 Å². The number of halogens is 1. The monoisotopic (exact) mass is 335 g/mol. The smallest absolute Gasteiger partial charge is 0.322 e. The van der Waals surface area contributed by atoms with Crippen molar-refractivity contribution in [2.24, 2.45) is 0 Å². The Balaban J connectivity index is 1.65. The molecule has 23 heavy (non-hydrogen) atoms. The molecule has 5 nitrogen and oxygen atoms in total. The maximum Gasteiger partial charge on any atom is 0.322 e. The normalized spacial score (nSPS) is 18.6. The van der Waals surface area contributed by atoms with E-state index >= 15 is 0 Å². The zero-order valence-corrected chi connectivity index (χ0v) is 14.1. The molecular weight excluding hydrogens is 314 g/mol. The predicted molar refractivity (Wildman–Crippen MR) is 90.6 cm³/mol. The molecule has 0 spiro atoms. The number of likely N-dealkylation sites (tertiary alicyclic amines) is 1. The number of carbonyl (C=O) groups excluding carboxylic acids is 2. The molecule has 124 valence electrons. The standard InChI is InChI=1S/C17H22ClN3O2/c1-12(22)20-9-7-16(8-10-20)21(15-5-6-15)17(23)19-14-4-2-3-13(18)11-14/h2-4,11,15-16H,5-10H2,1H3,(H,19,23). The molecule has 1 saturated carbocycles. The molecule has 2 fully saturated rings. The highest BCUT2D eigenvalue weighted by molar-refractivity contribution is 6.30. The van der Waals surface area contributed by atoms with Crippen LogP contribution in [0.3, 0.4) is 0 Å². The summed E-state index contributed by atoms with van der Waals surface area (Å²) in [7, 11) is 0. The van der Waals surface area contributed by atoms with Crippen LogP contribution in [0.1, 0.15) is 32.6 Å². The molecule has 1 aliphatic carbocycles. The number of hydrogen-bond donors (Lipinski definition) is 1. The molecule has 1 heterocycles.